The summed E-state index contributed by atoms with van der Waals surface area (Å²) in [5.41, 5.74) is 5.79. The molecule has 6 nitrogen and oxygen atoms in total. The first-order valence-electron chi connectivity index (χ1n) is 10.4. The molecule has 2 aromatic rings. The summed E-state index contributed by atoms with van der Waals surface area (Å²) in [5, 5.41) is 0.841. The number of pyridine rings is 1. The second kappa shape index (κ2) is 11.5. The maximum atomic E-state index is 13.2. The Labute approximate surface area is 167 Å². The van der Waals surface area contributed by atoms with Crippen LogP contribution in [0.3, 0.4) is 0 Å². The van der Waals surface area contributed by atoms with E-state index >= 15 is 0 Å². The number of amides is 1. The molecule has 0 aliphatic carbocycles. The minimum Gasteiger partial charge on any atom is -0.494 e. The van der Waals surface area contributed by atoms with Gasteiger partial charge in [-0.05, 0) is 55.8 Å². The van der Waals surface area contributed by atoms with Crippen LogP contribution in [-0.2, 0) is 0 Å². The normalized spacial score (nSPS) is 11.0. The average molecular weight is 388 g/mol. The molecule has 0 fully saturated rings. The van der Waals surface area contributed by atoms with Gasteiger partial charge in [-0.2, -0.15) is 0 Å². The van der Waals surface area contributed by atoms with Crippen molar-refractivity contribution in [3.05, 3.63) is 40.7 Å². The van der Waals surface area contributed by atoms with Gasteiger partial charge in [0.2, 0.25) is 0 Å². The summed E-state index contributed by atoms with van der Waals surface area (Å²) >= 11 is 0. The van der Waals surface area contributed by atoms with Crippen molar-refractivity contribution in [3.63, 3.8) is 0 Å². The van der Waals surface area contributed by atoms with Crippen molar-refractivity contribution in [2.75, 3.05) is 26.2 Å². The number of hydrogen-bond acceptors (Lipinski definition) is 4. The van der Waals surface area contributed by atoms with Crippen molar-refractivity contribution < 1.29 is 9.53 Å². The molecular formula is C22H33N3O3. The van der Waals surface area contributed by atoms with Crippen molar-refractivity contribution in [3.8, 4) is 5.75 Å². The number of carbonyl (C=O) groups is 1. The summed E-state index contributed by atoms with van der Waals surface area (Å²) in [7, 11) is 0. The number of carbonyl (C=O) groups excluding carboxylic acids is 1. The van der Waals surface area contributed by atoms with E-state index in [1.807, 2.05) is 12.1 Å². The van der Waals surface area contributed by atoms with E-state index in [0.29, 0.717) is 37.5 Å². The highest BCUT2D eigenvalue weighted by molar-refractivity contribution is 5.91. The molecule has 1 heterocycles. The number of nitrogens with two attached hydrogens (primary N) is 1. The zero-order valence-electron chi connectivity index (χ0n) is 17.2. The van der Waals surface area contributed by atoms with E-state index < -0.39 is 0 Å². The fourth-order valence-corrected chi connectivity index (χ4v) is 3.08. The van der Waals surface area contributed by atoms with Gasteiger partial charge in [0.05, 0.1) is 12.1 Å². The Morgan fingerprint density at radius 3 is 2.36 bits per heavy atom. The Morgan fingerprint density at radius 2 is 1.71 bits per heavy atom. The number of rotatable bonds is 11. The summed E-state index contributed by atoms with van der Waals surface area (Å²) in [6.07, 6.45) is 5.62. The largest absolute Gasteiger partial charge is 0.494 e. The van der Waals surface area contributed by atoms with Gasteiger partial charge in [0.25, 0.3) is 5.56 Å². The van der Waals surface area contributed by atoms with Crippen LogP contribution in [0.15, 0.2) is 35.1 Å². The molecule has 6 heteroatoms. The Kier molecular flexibility index (Phi) is 9.01. The average Bonchev–Trinajstić information content (AvgIpc) is 2.70. The number of ether oxygens (including phenoxy) is 1. The highest BCUT2D eigenvalue weighted by atomic mass is 16.5. The summed E-state index contributed by atoms with van der Waals surface area (Å²) in [4.78, 5) is 27.6. The zero-order chi connectivity index (χ0) is 20.4. The molecule has 2 rings (SSSR count). The monoisotopic (exact) mass is 387 g/mol. The second-order valence-corrected chi connectivity index (χ2v) is 7.05. The predicted octanol–water partition coefficient (Wildman–Crippen LogP) is 3.99. The molecule has 154 valence electrons. The Hall–Kier alpha value is -2.34. The molecule has 0 aliphatic rings. The first-order chi connectivity index (χ1) is 13.6. The number of nitrogens with zero attached hydrogens (tertiary/aromatic N) is 2. The molecule has 0 aliphatic heterocycles. The molecule has 0 saturated heterocycles. The summed E-state index contributed by atoms with van der Waals surface area (Å²) in [5.74, 6) is 0.658. The van der Waals surface area contributed by atoms with Crippen molar-refractivity contribution >= 4 is 16.9 Å². The minimum atomic E-state index is -0.309. The molecule has 0 radical (unpaired) electrons. The maximum absolute atomic E-state index is 13.2. The Morgan fingerprint density at radius 1 is 1.04 bits per heavy atom. The molecule has 0 unspecified atom stereocenters. The number of hydrogen-bond donors (Lipinski definition) is 1. The molecule has 28 heavy (non-hydrogen) atoms. The van der Waals surface area contributed by atoms with Gasteiger partial charge in [-0.1, -0.05) is 26.7 Å². The van der Waals surface area contributed by atoms with Crippen LogP contribution < -0.4 is 16.0 Å². The van der Waals surface area contributed by atoms with E-state index in [-0.39, 0.29) is 11.6 Å². The lowest BCUT2D eigenvalue weighted by molar-refractivity contribution is 0.198. The number of fused-ring (bicyclic) bond motifs is 1. The molecule has 2 N–H and O–H groups in total. The lowest BCUT2D eigenvalue weighted by Crippen LogP contribution is -2.41. The molecule has 0 saturated carbocycles. The lowest BCUT2D eigenvalue weighted by atomic mass is 10.2. The Bertz CT molecular complexity index is 808. The van der Waals surface area contributed by atoms with Crippen molar-refractivity contribution in [1.82, 2.24) is 9.47 Å². The van der Waals surface area contributed by atoms with Crippen LogP contribution in [0, 0.1) is 0 Å². The molecule has 1 amide bonds. The molecular weight excluding hydrogens is 354 g/mol. The van der Waals surface area contributed by atoms with Gasteiger partial charge in [-0.15, -0.1) is 0 Å². The second-order valence-electron chi connectivity index (χ2n) is 7.05. The maximum Gasteiger partial charge on any atom is 0.331 e. The number of aromatic nitrogens is 1. The third kappa shape index (κ3) is 5.83. The number of benzene rings is 1. The molecule has 1 aromatic heterocycles. The predicted molar refractivity (Wildman–Crippen MR) is 114 cm³/mol. The fourth-order valence-electron chi connectivity index (χ4n) is 3.08. The first kappa shape index (κ1) is 22.0. The van der Waals surface area contributed by atoms with Gasteiger partial charge in [0.1, 0.15) is 5.75 Å². The quantitative estimate of drug-likeness (QED) is 0.592. The van der Waals surface area contributed by atoms with Crippen molar-refractivity contribution in [2.24, 2.45) is 5.73 Å². The fraction of sp³-hybridized carbons (Fsp3) is 0.545. The molecule has 1 aromatic carbocycles. The smallest absolute Gasteiger partial charge is 0.331 e. The van der Waals surface area contributed by atoms with Gasteiger partial charge < -0.3 is 15.4 Å². The lowest BCUT2D eigenvalue weighted by Gasteiger charge is -2.24. The third-order valence-corrected chi connectivity index (χ3v) is 4.76. The highest BCUT2D eigenvalue weighted by Crippen LogP contribution is 2.21. The van der Waals surface area contributed by atoms with Gasteiger partial charge >= 0.3 is 6.03 Å². The summed E-state index contributed by atoms with van der Waals surface area (Å²) < 4.78 is 7.07. The van der Waals surface area contributed by atoms with Gasteiger partial charge in [-0.25, -0.2) is 9.36 Å². The van der Waals surface area contributed by atoms with Gasteiger partial charge in [-0.3, -0.25) is 4.79 Å². The Balaban J connectivity index is 2.35. The van der Waals surface area contributed by atoms with Crippen LogP contribution in [-0.4, -0.2) is 41.7 Å². The van der Waals surface area contributed by atoms with Crippen molar-refractivity contribution in [1.29, 1.82) is 0 Å². The van der Waals surface area contributed by atoms with Crippen LogP contribution in [0.25, 0.3) is 10.9 Å². The highest BCUT2D eigenvalue weighted by Gasteiger charge is 2.18. The van der Waals surface area contributed by atoms with Crippen LogP contribution in [0.4, 0.5) is 4.79 Å². The minimum absolute atomic E-state index is 0.252. The first-order valence-corrected chi connectivity index (χ1v) is 10.4. The van der Waals surface area contributed by atoms with Crippen molar-refractivity contribution in [2.45, 2.75) is 52.4 Å². The van der Waals surface area contributed by atoms with E-state index in [4.69, 9.17) is 10.5 Å². The van der Waals surface area contributed by atoms with E-state index in [1.165, 1.54) is 10.6 Å². The zero-order valence-corrected chi connectivity index (χ0v) is 17.2. The van der Waals surface area contributed by atoms with E-state index in [1.54, 1.807) is 17.0 Å². The van der Waals surface area contributed by atoms with E-state index in [2.05, 4.69) is 13.8 Å². The van der Waals surface area contributed by atoms with E-state index in [0.717, 1.165) is 43.9 Å². The van der Waals surface area contributed by atoms with Crippen LogP contribution in [0.5, 0.6) is 5.75 Å². The summed E-state index contributed by atoms with van der Waals surface area (Å²) in [6, 6.07) is 8.50. The molecule has 0 bridgehead atoms. The van der Waals surface area contributed by atoms with Crippen LogP contribution >= 0.6 is 0 Å². The van der Waals surface area contributed by atoms with E-state index in [9.17, 15) is 9.59 Å². The molecule has 0 spiro atoms. The standard InChI is InChI=1S/C22H33N3O3/c1-3-5-14-24(15-6-4-2)22(27)25-20-17-19(28-16-8-7-13-23)11-9-18(20)10-12-21(25)26/h9-12,17H,3-8,13-16,23H2,1-2H3. The SMILES string of the molecule is CCCCN(CCCC)C(=O)n1c(=O)ccc2ccc(OCCCCN)cc21. The van der Waals surface area contributed by atoms with Crippen LogP contribution in [0.2, 0.25) is 0 Å². The van der Waals surface area contributed by atoms with Crippen LogP contribution in [0.1, 0.15) is 52.4 Å². The molecule has 0 atom stereocenters. The summed E-state index contributed by atoms with van der Waals surface area (Å²) in [6.45, 7) is 6.72. The van der Waals surface area contributed by atoms with Gasteiger partial charge in [0, 0.05) is 25.2 Å². The third-order valence-electron chi connectivity index (χ3n) is 4.76. The van der Waals surface area contributed by atoms with Gasteiger partial charge in [0.15, 0.2) is 0 Å². The topological polar surface area (TPSA) is 77.6 Å². The number of unbranched alkanes of at least 4 members (excludes halogenated alkanes) is 3.